The SMILES string of the molecule is COc1ccc(-c2noc(CC3CNC3)n2)cc1. The number of benzene rings is 1. The second-order valence-corrected chi connectivity index (χ2v) is 4.47. The highest BCUT2D eigenvalue weighted by Crippen LogP contribution is 2.20. The Morgan fingerprint density at radius 1 is 1.33 bits per heavy atom. The minimum atomic E-state index is 0.633. The fourth-order valence-corrected chi connectivity index (χ4v) is 1.93. The number of nitrogens with one attached hydrogen (secondary N) is 1. The van der Waals surface area contributed by atoms with Crippen molar-refractivity contribution in [3.8, 4) is 17.1 Å². The molecule has 1 aromatic carbocycles. The molecule has 1 aromatic heterocycles. The fraction of sp³-hybridized carbons (Fsp3) is 0.385. The van der Waals surface area contributed by atoms with E-state index in [-0.39, 0.29) is 0 Å². The molecule has 0 bridgehead atoms. The first-order chi connectivity index (χ1) is 8.85. The van der Waals surface area contributed by atoms with Crippen LogP contribution in [-0.2, 0) is 6.42 Å². The summed E-state index contributed by atoms with van der Waals surface area (Å²) < 4.78 is 10.4. The van der Waals surface area contributed by atoms with E-state index in [1.54, 1.807) is 7.11 Å². The van der Waals surface area contributed by atoms with E-state index in [0.29, 0.717) is 17.6 Å². The Balaban J connectivity index is 1.74. The minimum absolute atomic E-state index is 0.633. The summed E-state index contributed by atoms with van der Waals surface area (Å²) in [5, 5.41) is 7.23. The highest BCUT2D eigenvalue weighted by molar-refractivity contribution is 5.55. The normalized spacial score (nSPS) is 15.4. The van der Waals surface area contributed by atoms with Crippen molar-refractivity contribution in [2.45, 2.75) is 6.42 Å². The molecule has 1 fully saturated rings. The van der Waals surface area contributed by atoms with Crippen molar-refractivity contribution in [1.29, 1.82) is 0 Å². The Kier molecular flexibility index (Phi) is 2.98. The molecule has 1 aliphatic heterocycles. The van der Waals surface area contributed by atoms with E-state index in [2.05, 4.69) is 15.5 Å². The lowest BCUT2D eigenvalue weighted by molar-refractivity contribution is 0.296. The molecule has 2 heterocycles. The summed E-state index contributed by atoms with van der Waals surface area (Å²) >= 11 is 0. The van der Waals surface area contributed by atoms with Crippen LogP contribution >= 0.6 is 0 Å². The van der Waals surface area contributed by atoms with Crippen LogP contribution in [0.25, 0.3) is 11.4 Å². The highest BCUT2D eigenvalue weighted by atomic mass is 16.5. The van der Waals surface area contributed by atoms with Gasteiger partial charge in [0, 0.05) is 12.0 Å². The predicted molar refractivity (Wildman–Crippen MR) is 66.3 cm³/mol. The Morgan fingerprint density at radius 3 is 2.72 bits per heavy atom. The van der Waals surface area contributed by atoms with Crippen molar-refractivity contribution < 1.29 is 9.26 Å². The molecule has 0 spiro atoms. The molecule has 5 heteroatoms. The quantitative estimate of drug-likeness (QED) is 0.884. The highest BCUT2D eigenvalue weighted by Gasteiger charge is 2.20. The second kappa shape index (κ2) is 4.78. The van der Waals surface area contributed by atoms with Gasteiger partial charge in [-0.3, -0.25) is 0 Å². The van der Waals surface area contributed by atoms with Crippen LogP contribution in [0, 0.1) is 5.92 Å². The zero-order valence-corrected chi connectivity index (χ0v) is 10.2. The van der Waals surface area contributed by atoms with Gasteiger partial charge in [-0.05, 0) is 43.3 Å². The molecule has 1 aliphatic rings. The van der Waals surface area contributed by atoms with Crippen LogP contribution in [0.1, 0.15) is 5.89 Å². The van der Waals surface area contributed by atoms with Gasteiger partial charge in [0.25, 0.3) is 0 Å². The summed E-state index contributed by atoms with van der Waals surface area (Å²) in [5.41, 5.74) is 0.942. The molecule has 1 saturated heterocycles. The van der Waals surface area contributed by atoms with Gasteiger partial charge in [0.1, 0.15) is 5.75 Å². The van der Waals surface area contributed by atoms with Gasteiger partial charge in [-0.15, -0.1) is 0 Å². The van der Waals surface area contributed by atoms with Gasteiger partial charge in [0.05, 0.1) is 7.11 Å². The van der Waals surface area contributed by atoms with Crippen LogP contribution < -0.4 is 10.1 Å². The summed E-state index contributed by atoms with van der Waals surface area (Å²) in [6.07, 6.45) is 0.857. The third-order valence-electron chi connectivity index (χ3n) is 3.15. The molecule has 0 atom stereocenters. The zero-order valence-electron chi connectivity index (χ0n) is 10.2. The fourth-order valence-electron chi connectivity index (χ4n) is 1.93. The maximum atomic E-state index is 5.26. The van der Waals surface area contributed by atoms with Gasteiger partial charge in [-0.2, -0.15) is 4.98 Å². The Labute approximate surface area is 105 Å². The topological polar surface area (TPSA) is 60.2 Å². The first-order valence-electron chi connectivity index (χ1n) is 6.03. The summed E-state index contributed by atoms with van der Waals surface area (Å²) in [7, 11) is 1.65. The number of methoxy groups -OCH3 is 1. The Bertz CT molecular complexity index is 517. The number of aromatic nitrogens is 2. The van der Waals surface area contributed by atoms with E-state index in [9.17, 15) is 0 Å². The van der Waals surface area contributed by atoms with Crippen molar-refractivity contribution >= 4 is 0 Å². The average Bonchev–Trinajstić information content (AvgIpc) is 2.83. The molecular weight excluding hydrogens is 230 g/mol. The van der Waals surface area contributed by atoms with Crippen LogP contribution in [0.5, 0.6) is 5.75 Å². The molecule has 3 rings (SSSR count). The van der Waals surface area contributed by atoms with Crippen molar-refractivity contribution in [2.24, 2.45) is 5.92 Å². The molecule has 1 N–H and O–H groups in total. The first-order valence-corrected chi connectivity index (χ1v) is 6.03. The molecule has 0 unspecified atom stereocenters. The van der Waals surface area contributed by atoms with Gasteiger partial charge >= 0.3 is 0 Å². The lowest BCUT2D eigenvalue weighted by atomic mass is 10.00. The summed E-state index contributed by atoms with van der Waals surface area (Å²) in [6, 6.07) is 7.64. The largest absolute Gasteiger partial charge is 0.497 e. The van der Waals surface area contributed by atoms with Crippen LogP contribution in [0.3, 0.4) is 0 Å². The lowest BCUT2D eigenvalue weighted by Crippen LogP contribution is -2.43. The summed E-state index contributed by atoms with van der Waals surface area (Å²) in [6.45, 7) is 2.08. The van der Waals surface area contributed by atoms with Crippen molar-refractivity contribution in [2.75, 3.05) is 20.2 Å². The molecule has 2 aromatic rings. The van der Waals surface area contributed by atoms with Crippen molar-refractivity contribution in [3.05, 3.63) is 30.2 Å². The van der Waals surface area contributed by atoms with Crippen LogP contribution in [-0.4, -0.2) is 30.3 Å². The molecule has 0 radical (unpaired) electrons. The van der Waals surface area contributed by atoms with E-state index in [1.807, 2.05) is 24.3 Å². The van der Waals surface area contributed by atoms with Crippen molar-refractivity contribution in [3.63, 3.8) is 0 Å². The molecule has 94 valence electrons. The maximum Gasteiger partial charge on any atom is 0.227 e. The van der Waals surface area contributed by atoms with E-state index in [1.165, 1.54) is 0 Å². The van der Waals surface area contributed by atoms with Gasteiger partial charge in [0.15, 0.2) is 0 Å². The molecular formula is C13H15N3O2. The monoisotopic (exact) mass is 245 g/mol. The zero-order chi connectivity index (χ0) is 12.4. The smallest absolute Gasteiger partial charge is 0.227 e. The molecule has 0 amide bonds. The van der Waals surface area contributed by atoms with Crippen LogP contribution in [0.4, 0.5) is 0 Å². The summed E-state index contributed by atoms with van der Waals surface area (Å²) in [5.74, 6) is 2.81. The number of hydrogen-bond donors (Lipinski definition) is 1. The van der Waals surface area contributed by atoms with Gasteiger partial charge in [-0.25, -0.2) is 0 Å². The number of hydrogen-bond acceptors (Lipinski definition) is 5. The van der Waals surface area contributed by atoms with Crippen LogP contribution in [0.15, 0.2) is 28.8 Å². The van der Waals surface area contributed by atoms with Crippen LogP contribution in [0.2, 0.25) is 0 Å². The molecule has 5 nitrogen and oxygen atoms in total. The Hall–Kier alpha value is -1.88. The third-order valence-corrected chi connectivity index (χ3v) is 3.15. The lowest BCUT2D eigenvalue weighted by Gasteiger charge is -2.25. The maximum absolute atomic E-state index is 5.26. The Morgan fingerprint density at radius 2 is 2.11 bits per heavy atom. The standard InChI is InChI=1S/C13H15N3O2/c1-17-11-4-2-10(3-5-11)13-15-12(18-16-13)6-9-7-14-8-9/h2-5,9,14H,6-8H2,1H3. The van der Waals surface area contributed by atoms with E-state index in [0.717, 1.165) is 30.8 Å². The van der Waals surface area contributed by atoms with E-state index < -0.39 is 0 Å². The molecule has 0 aliphatic carbocycles. The van der Waals surface area contributed by atoms with E-state index in [4.69, 9.17) is 9.26 Å². The average molecular weight is 245 g/mol. The van der Waals surface area contributed by atoms with E-state index >= 15 is 0 Å². The molecule has 0 saturated carbocycles. The van der Waals surface area contributed by atoms with Gasteiger partial charge in [-0.1, -0.05) is 5.16 Å². The third kappa shape index (κ3) is 2.22. The number of ether oxygens (including phenoxy) is 1. The van der Waals surface area contributed by atoms with Crippen molar-refractivity contribution in [1.82, 2.24) is 15.5 Å². The molecule has 18 heavy (non-hydrogen) atoms. The minimum Gasteiger partial charge on any atom is -0.497 e. The number of rotatable bonds is 4. The van der Waals surface area contributed by atoms with Gasteiger partial charge in [0.2, 0.25) is 11.7 Å². The number of nitrogens with zero attached hydrogens (tertiary/aromatic N) is 2. The summed E-state index contributed by atoms with van der Waals surface area (Å²) in [4.78, 5) is 4.41. The van der Waals surface area contributed by atoms with Gasteiger partial charge < -0.3 is 14.6 Å². The second-order valence-electron chi connectivity index (χ2n) is 4.47. The first kappa shape index (κ1) is 11.2. The predicted octanol–water partition coefficient (Wildman–Crippen LogP) is 1.51.